The molecule has 28 heavy (non-hydrogen) atoms. The van der Waals surface area contributed by atoms with Gasteiger partial charge in [-0.1, -0.05) is 12.8 Å². The fraction of sp³-hybridized carbons (Fsp3) is 0.667. The number of amides is 2. The number of fused-ring (bicyclic) bond motifs is 2. The highest BCUT2D eigenvalue weighted by molar-refractivity contribution is 7.10. The highest BCUT2D eigenvalue weighted by atomic mass is 32.1. The van der Waals surface area contributed by atoms with Gasteiger partial charge in [0, 0.05) is 36.9 Å². The van der Waals surface area contributed by atoms with Crippen molar-refractivity contribution in [3.05, 3.63) is 21.9 Å². The molecule has 1 aromatic rings. The minimum absolute atomic E-state index is 0.0270. The first-order valence-corrected chi connectivity index (χ1v) is 11.2. The Morgan fingerprint density at radius 2 is 1.96 bits per heavy atom. The summed E-state index contributed by atoms with van der Waals surface area (Å²) in [4.78, 5) is 42.9. The smallest absolute Gasteiger partial charge is 0.328 e. The van der Waals surface area contributed by atoms with Crippen LogP contribution in [-0.4, -0.2) is 53.3 Å². The first-order valence-electron chi connectivity index (χ1n) is 10.3. The normalized spacial score (nSPS) is 26.5. The minimum Gasteiger partial charge on any atom is -0.467 e. The van der Waals surface area contributed by atoms with Crippen molar-refractivity contribution in [1.29, 1.82) is 0 Å². The number of likely N-dealkylation sites (tertiary alicyclic amines) is 1. The Bertz CT molecular complexity index is 761. The fourth-order valence-electron chi connectivity index (χ4n) is 5.13. The maximum Gasteiger partial charge on any atom is 0.328 e. The van der Waals surface area contributed by atoms with Crippen LogP contribution in [0.25, 0.3) is 0 Å². The van der Waals surface area contributed by atoms with Crippen LogP contribution < -0.4 is 0 Å². The summed E-state index contributed by atoms with van der Waals surface area (Å²) in [5, 5.41) is 2.07. The van der Waals surface area contributed by atoms with Crippen LogP contribution in [0.15, 0.2) is 11.4 Å². The lowest BCUT2D eigenvalue weighted by Gasteiger charge is -2.33. The van der Waals surface area contributed by atoms with Gasteiger partial charge in [-0.25, -0.2) is 4.79 Å². The Morgan fingerprint density at radius 1 is 1.18 bits per heavy atom. The van der Waals surface area contributed by atoms with Crippen molar-refractivity contribution >= 4 is 29.1 Å². The van der Waals surface area contributed by atoms with Gasteiger partial charge in [0.15, 0.2) is 0 Å². The number of carbonyl (C=O) groups excluding carboxylic acids is 3. The summed E-state index contributed by atoms with van der Waals surface area (Å²) in [5.74, 6) is 0.0114. The molecule has 1 aliphatic carbocycles. The first-order chi connectivity index (χ1) is 13.6. The third kappa shape index (κ3) is 3.69. The number of carbonyl (C=O) groups is 3. The zero-order chi connectivity index (χ0) is 19.7. The van der Waals surface area contributed by atoms with Crippen LogP contribution in [0.5, 0.6) is 0 Å². The van der Waals surface area contributed by atoms with Crippen molar-refractivity contribution < 1.29 is 19.1 Å². The Kier molecular flexibility index (Phi) is 5.71. The van der Waals surface area contributed by atoms with E-state index in [1.165, 1.54) is 17.6 Å². The second kappa shape index (κ2) is 8.23. The fourth-order valence-corrected chi connectivity index (χ4v) is 6.02. The van der Waals surface area contributed by atoms with Gasteiger partial charge >= 0.3 is 5.97 Å². The summed E-state index contributed by atoms with van der Waals surface area (Å²) in [6.45, 7) is 1.37. The van der Waals surface area contributed by atoms with Crippen molar-refractivity contribution in [2.75, 3.05) is 13.7 Å². The van der Waals surface area contributed by atoms with Crippen LogP contribution in [0, 0.1) is 5.92 Å². The van der Waals surface area contributed by atoms with Gasteiger partial charge in [-0.15, -0.1) is 11.3 Å². The largest absolute Gasteiger partial charge is 0.467 e. The maximum atomic E-state index is 13.0. The van der Waals surface area contributed by atoms with Crippen LogP contribution >= 0.6 is 11.3 Å². The first kappa shape index (κ1) is 19.4. The molecule has 152 valence electrons. The Labute approximate surface area is 169 Å². The molecule has 1 saturated heterocycles. The van der Waals surface area contributed by atoms with Gasteiger partial charge in [0.05, 0.1) is 7.11 Å². The van der Waals surface area contributed by atoms with Crippen molar-refractivity contribution in [2.45, 2.75) is 70.0 Å². The molecular formula is C21H28N2O4S. The average Bonchev–Trinajstić information content (AvgIpc) is 3.34. The Morgan fingerprint density at radius 3 is 2.79 bits per heavy atom. The van der Waals surface area contributed by atoms with E-state index < -0.39 is 6.04 Å². The summed E-state index contributed by atoms with van der Waals surface area (Å²) in [7, 11) is 1.38. The molecule has 2 amide bonds. The van der Waals surface area contributed by atoms with E-state index in [0.29, 0.717) is 18.9 Å². The topological polar surface area (TPSA) is 66.9 Å². The molecule has 6 nitrogen and oxygen atoms in total. The van der Waals surface area contributed by atoms with Gasteiger partial charge < -0.3 is 14.5 Å². The second-order valence-corrected chi connectivity index (χ2v) is 9.12. The van der Waals surface area contributed by atoms with Crippen LogP contribution in [0.3, 0.4) is 0 Å². The molecular weight excluding hydrogens is 376 g/mol. The molecule has 0 spiro atoms. The predicted molar refractivity (Wildman–Crippen MR) is 106 cm³/mol. The van der Waals surface area contributed by atoms with E-state index in [1.807, 2.05) is 4.90 Å². The van der Waals surface area contributed by atoms with Gasteiger partial charge in [0.25, 0.3) is 0 Å². The summed E-state index contributed by atoms with van der Waals surface area (Å²) >= 11 is 1.75. The van der Waals surface area contributed by atoms with E-state index in [4.69, 9.17) is 4.74 Å². The summed E-state index contributed by atoms with van der Waals surface area (Å²) in [6, 6.07) is 1.73. The Balaban J connectivity index is 1.38. The van der Waals surface area contributed by atoms with Crippen LogP contribution in [-0.2, 0) is 32.1 Å². The Hall–Kier alpha value is -1.89. The molecule has 2 fully saturated rings. The van der Waals surface area contributed by atoms with E-state index in [-0.39, 0.29) is 36.7 Å². The molecule has 2 aliphatic heterocycles. The number of hydrogen-bond acceptors (Lipinski definition) is 5. The lowest BCUT2D eigenvalue weighted by atomic mass is 9.84. The number of ether oxygens (including phenoxy) is 1. The zero-order valence-corrected chi connectivity index (χ0v) is 17.2. The average molecular weight is 405 g/mol. The molecule has 4 rings (SSSR count). The molecule has 0 aromatic carbocycles. The number of hydrogen-bond donors (Lipinski definition) is 0. The lowest BCUT2D eigenvalue weighted by molar-refractivity contribution is -0.152. The molecule has 0 radical (unpaired) electrons. The van der Waals surface area contributed by atoms with E-state index in [2.05, 4.69) is 11.4 Å². The number of rotatable bonds is 4. The van der Waals surface area contributed by atoms with Crippen molar-refractivity contribution in [2.24, 2.45) is 5.92 Å². The zero-order valence-electron chi connectivity index (χ0n) is 16.4. The highest BCUT2D eigenvalue weighted by Gasteiger charge is 2.47. The third-order valence-corrected chi connectivity index (χ3v) is 7.59. The van der Waals surface area contributed by atoms with Gasteiger partial charge in [0.2, 0.25) is 11.8 Å². The SMILES string of the molecule is COC(=O)[C@@H]1C[C@H]2CCCC[C@H]2N1C(=O)CCC(=O)N1CCc2sccc2C1. The van der Waals surface area contributed by atoms with Crippen LogP contribution in [0.4, 0.5) is 0 Å². The quantitative estimate of drug-likeness (QED) is 0.724. The second-order valence-electron chi connectivity index (χ2n) is 8.12. The van der Waals surface area contributed by atoms with Crippen molar-refractivity contribution in [1.82, 2.24) is 9.80 Å². The molecule has 0 unspecified atom stereocenters. The van der Waals surface area contributed by atoms with Gasteiger partial charge in [-0.05, 0) is 48.6 Å². The number of esters is 1. The minimum atomic E-state index is -0.482. The number of thiophene rings is 1. The predicted octanol–water partition coefficient (Wildman–Crippen LogP) is 2.75. The highest BCUT2D eigenvalue weighted by Crippen LogP contribution is 2.40. The lowest BCUT2D eigenvalue weighted by Crippen LogP contribution is -2.47. The van der Waals surface area contributed by atoms with Gasteiger partial charge in [-0.2, -0.15) is 0 Å². The molecule has 1 saturated carbocycles. The van der Waals surface area contributed by atoms with Crippen LogP contribution in [0.1, 0.15) is 55.4 Å². The molecule has 3 aliphatic rings. The van der Waals surface area contributed by atoms with Crippen LogP contribution in [0.2, 0.25) is 0 Å². The standard InChI is InChI=1S/C21H28N2O4S/c1-27-21(26)17-12-14-4-2-3-5-16(14)23(17)20(25)7-6-19(24)22-10-8-18-15(13-22)9-11-28-18/h9,11,14,16-17H,2-8,10,12-13H2,1H3/t14-,16-,17+/m1/s1. The third-order valence-electron chi connectivity index (χ3n) is 6.56. The molecule has 0 bridgehead atoms. The van der Waals surface area contributed by atoms with E-state index in [1.54, 1.807) is 16.2 Å². The van der Waals surface area contributed by atoms with Crippen molar-refractivity contribution in [3.8, 4) is 0 Å². The van der Waals surface area contributed by atoms with E-state index in [9.17, 15) is 14.4 Å². The molecule has 3 atom stereocenters. The van der Waals surface area contributed by atoms with E-state index in [0.717, 1.165) is 38.6 Å². The van der Waals surface area contributed by atoms with E-state index >= 15 is 0 Å². The molecule has 7 heteroatoms. The molecule has 1 aromatic heterocycles. The number of methoxy groups -OCH3 is 1. The molecule has 0 N–H and O–H groups in total. The molecule has 3 heterocycles. The summed E-state index contributed by atoms with van der Waals surface area (Å²) in [5.41, 5.74) is 1.23. The van der Waals surface area contributed by atoms with Gasteiger partial charge in [0.1, 0.15) is 6.04 Å². The maximum absolute atomic E-state index is 13.0. The van der Waals surface area contributed by atoms with Crippen molar-refractivity contribution in [3.63, 3.8) is 0 Å². The monoisotopic (exact) mass is 404 g/mol. The summed E-state index contributed by atoms with van der Waals surface area (Å²) in [6.07, 6.45) is 6.24. The van der Waals surface area contributed by atoms with Gasteiger partial charge in [-0.3, -0.25) is 9.59 Å². The number of nitrogens with zero attached hydrogens (tertiary/aromatic N) is 2. The summed E-state index contributed by atoms with van der Waals surface area (Å²) < 4.78 is 4.96.